The second-order valence-electron chi connectivity index (χ2n) is 5.33. The van der Waals surface area contributed by atoms with Crippen molar-refractivity contribution in [2.24, 2.45) is 0 Å². The van der Waals surface area contributed by atoms with E-state index in [9.17, 15) is 4.79 Å². The Balaban J connectivity index is 0.000000628. The van der Waals surface area contributed by atoms with Gasteiger partial charge in [0.25, 0.3) is 0 Å². The van der Waals surface area contributed by atoms with E-state index in [-0.39, 0.29) is 7.33 Å². The Morgan fingerprint density at radius 3 is 2.79 bits per heavy atom. The molecule has 0 aliphatic rings. The van der Waals surface area contributed by atoms with Crippen LogP contribution in [0.2, 0.25) is 0 Å². The van der Waals surface area contributed by atoms with Gasteiger partial charge in [0, 0.05) is 37.0 Å². The summed E-state index contributed by atoms with van der Waals surface area (Å²) in [6.45, 7) is 11.3. The zero-order valence-corrected chi connectivity index (χ0v) is 15.9. The number of carbonyl (C=O) groups is 1. The van der Waals surface area contributed by atoms with Crippen LogP contribution >= 0.6 is 8.25 Å². The Bertz CT molecular complexity index is 1050. The maximum atomic E-state index is 11.7. The number of benzene rings is 1. The van der Waals surface area contributed by atoms with Crippen LogP contribution in [0, 0.1) is 6.57 Å². The Morgan fingerprint density at radius 2 is 2.21 bits per heavy atom. The van der Waals surface area contributed by atoms with E-state index in [0.717, 1.165) is 16.9 Å². The van der Waals surface area contributed by atoms with Crippen LogP contribution in [-0.2, 0) is 14.0 Å². The zero-order chi connectivity index (χ0) is 20.7. The largest absolute Gasteiger partial charge is 0.565 e. The highest BCUT2D eigenvalue weighted by atomic mass is 31.1. The molecular weight excluding hydrogens is 385 g/mol. The number of hydrogen-bond donors (Lipinski definition) is 1. The first-order valence-corrected chi connectivity index (χ1v) is 9.07. The number of anilines is 1. The molecule has 2 aromatic heterocycles. The lowest BCUT2D eigenvalue weighted by Gasteiger charge is -2.19. The first-order chi connectivity index (χ1) is 13.4. The Labute approximate surface area is 162 Å². The lowest BCUT2D eigenvalue weighted by atomic mass is 10.1. The number of carbonyl (C=O) groups excluding carboxylic acids is 1. The van der Waals surface area contributed by atoms with Crippen LogP contribution in [0.3, 0.4) is 0 Å². The van der Waals surface area contributed by atoms with Gasteiger partial charge in [0.15, 0.2) is 5.65 Å². The first kappa shape index (κ1) is 21.1. The van der Waals surface area contributed by atoms with Gasteiger partial charge < -0.3 is 9.79 Å². The molecule has 146 valence electrons. The van der Waals surface area contributed by atoms with Gasteiger partial charge in [-0.25, -0.2) is 19.6 Å². The number of hydrogen-bond acceptors (Lipinski definition) is 7. The SMILES string of the molecule is O=[P+]([O-])OO.[C-]#[N+]c1cnn2c(-c3cccc(N(CC)C(C)=O)c3)ccnc12.[HH]. The number of aromatic nitrogens is 3. The quantitative estimate of drug-likeness (QED) is 0.307. The molecule has 1 atom stereocenters. The molecule has 0 saturated carbocycles. The normalized spacial score (nSPS) is 10.6. The summed E-state index contributed by atoms with van der Waals surface area (Å²) in [6.07, 6.45) is 3.17. The summed E-state index contributed by atoms with van der Waals surface area (Å²) in [4.78, 5) is 30.0. The van der Waals surface area contributed by atoms with Crippen molar-refractivity contribution < 1.29 is 25.6 Å². The van der Waals surface area contributed by atoms with E-state index in [2.05, 4.69) is 19.6 Å². The molecule has 1 N–H and O–H groups in total. The topological polar surface area (TPSA) is 124 Å². The molecule has 3 rings (SSSR count). The lowest BCUT2D eigenvalue weighted by molar-refractivity contribution is -0.244. The zero-order valence-electron chi connectivity index (χ0n) is 15.0. The monoisotopic (exact) mass is 403 g/mol. The summed E-state index contributed by atoms with van der Waals surface area (Å²) >= 11 is 0. The fraction of sp³-hybridized carbons (Fsp3) is 0.176. The van der Waals surface area contributed by atoms with Gasteiger partial charge in [-0.05, 0) is 29.7 Å². The van der Waals surface area contributed by atoms with Crippen LogP contribution in [0.15, 0.2) is 42.7 Å². The summed E-state index contributed by atoms with van der Waals surface area (Å²) < 4.78 is 13.3. The van der Waals surface area contributed by atoms with Crippen molar-refractivity contribution in [1.82, 2.24) is 14.6 Å². The van der Waals surface area contributed by atoms with Crippen molar-refractivity contribution in [3.8, 4) is 11.3 Å². The highest BCUT2D eigenvalue weighted by molar-refractivity contribution is 7.30. The van der Waals surface area contributed by atoms with Crippen molar-refractivity contribution >= 4 is 31.2 Å². The first-order valence-electron chi connectivity index (χ1n) is 7.97. The minimum atomic E-state index is -3.04. The molecule has 10 nitrogen and oxygen atoms in total. The standard InChI is InChI=1S/C17H15N5O.HO4P.H2/c1-4-21(12(2)23)14-7-5-6-13(10-14)16-8-9-19-17-15(18-3)11-20-22(16)17;1-4-5(2)3;/h5-11H,4H2,1-2H3;1H;1H. The molecule has 0 bridgehead atoms. The predicted molar refractivity (Wildman–Crippen MR) is 102 cm³/mol. The molecule has 0 spiro atoms. The lowest BCUT2D eigenvalue weighted by Crippen LogP contribution is -2.27. The third kappa shape index (κ3) is 4.73. The van der Waals surface area contributed by atoms with Gasteiger partial charge in [-0.3, -0.25) is 4.79 Å². The van der Waals surface area contributed by atoms with Gasteiger partial charge in [-0.1, -0.05) is 12.1 Å². The van der Waals surface area contributed by atoms with Crippen molar-refractivity contribution in [2.75, 3.05) is 11.4 Å². The molecular formula is C17H18N5O5P. The van der Waals surface area contributed by atoms with Crippen molar-refractivity contribution in [1.29, 1.82) is 0 Å². The van der Waals surface area contributed by atoms with Crippen LogP contribution in [0.5, 0.6) is 0 Å². The van der Waals surface area contributed by atoms with Crippen LogP contribution < -0.4 is 9.79 Å². The molecule has 2 heterocycles. The van der Waals surface area contributed by atoms with E-state index in [4.69, 9.17) is 21.3 Å². The molecule has 1 amide bonds. The third-order valence-electron chi connectivity index (χ3n) is 3.72. The van der Waals surface area contributed by atoms with Gasteiger partial charge in [-0.15, -0.1) is 0 Å². The summed E-state index contributed by atoms with van der Waals surface area (Å²) in [6, 6.07) is 9.55. The Hall–Kier alpha value is -3.22. The van der Waals surface area contributed by atoms with Crippen molar-refractivity contribution in [2.45, 2.75) is 13.8 Å². The van der Waals surface area contributed by atoms with Crippen LogP contribution in [0.1, 0.15) is 15.3 Å². The number of rotatable bonds is 4. The average Bonchev–Trinajstić information content (AvgIpc) is 3.12. The van der Waals surface area contributed by atoms with E-state index >= 15 is 0 Å². The molecule has 3 aromatic rings. The van der Waals surface area contributed by atoms with Crippen LogP contribution in [0.25, 0.3) is 21.7 Å². The fourth-order valence-electron chi connectivity index (χ4n) is 2.60. The van der Waals surface area contributed by atoms with Crippen molar-refractivity contribution in [3.63, 3.8) is 0 Å². The minimum Gasteiger partial charge on any atom is -0.565 e. The van der Waals surface area contributed by atoms with E-state index in [1.165, 1.54) is 6.20 Å². The van der Waals surface area contributed by atoms with Gasteiger partial charge in [0.1, 0.15) is 0 Å². The smallest absolute Gasteiger partial charge is 0.521 e. The van der Waals surface area contributed by atoms with Gasteiger partial charge in [0.05, 0.1) is 18.5 Å². The van der Waals surface area contributed by atoms with E-state index < -0.39 is 8.25 Å². The predicted octanol–water partition coefficient (Wildman–Crippen LogP) is 3.06. The van der Waals surface area contributed by atoms with E-state index in [0.29, 0.717) is 17.9 Å². The summed E-state index contributed by atoms with van der Waals surface area (Å²) in [5.41, 5.74) is 3.52. The summed E-state index contributed by atoms with van der Waals surface area (Å²) in [5.74, 6) is -0.00101. The fourth-order valence-corrected chi connectivity index (χ4v) is 2.60. The average molecular weight is 403 g/mol. The molecule has 0 saturated heterocycles. The highest BCUT2D eigenvalue weighted by Gasteiger charge is 2.13. The second kappa shape index (κ2) is 9.64. The number of fused-ring (bicyclic) bond motifs is 1. The molecule has 0 aliphatic carbocycles. The van der Waals surface area contributed by atoms with Crippen LogP contribution in [0.4, 0.5) is 11.4 Å². The minimum absolute atomic E-state index is 0. The van der Waals surface area contributed by atoms with E-state index in [1.807, 2.05) is 37.3 Å². The molecule has 1 unspecified atom stereocenters. The Morgan fingerprint density at radius 1 is 1.50 bits per heavy atom. The molecule has 11 heteroatoms. The van der Waals surface area contributed by atoms with Gasteiger partial charge >= 0.3 is 8.25 Å². The maximum Gasteiger partial charge on any atom is 0.521 e. The van der Waals surface area contributed by atoms with Crippen LogP contribution in [-0.4, -0.2) is 32.3 Å². The molecule has 0 fully saturated rings. The summed E-state index contributed by atoms with van der Waals surface area (Å²) in [7, 11) is -3.04. The number of amides is 1. The molecule has 1 aromatic carbocycles. The van der Waals surface area contributed by atoms with Gasteiger partial charge in [0.2, 0.25) is 11.6 Å². The molecule has 0 aliphatic heterocycles. The highest BCUT2D eigenvalue weighted by Crippen LogP contribution is 2.27. The summed E-state index contributed by atoms with van der Waals surface area (Å²) in [5, 5.41) is 11.3. The van der Waals surface area contributed by atoms with Crippen molar-refractivity contribution in [3.05, 3.63) is 54.1 Å². The second-order valence-corrected chi connectivity index (χ2v) is 5.94. The van der Waals surface area contributed by atoms with Gasteiger partial charge in [-0.2, -0.15) is 5.10 Å². The Kier molecular flexibility index (Phi) is 7.26. The van der Waals surface area contributed by atoms with E-state index in [1.54, 1.807) is 22.5 Å². The third-order valence-corrected chi connectivity index (χ3v) is 3.85. The molecule has 0 radical (unpaired) electrons. The number of nitrogens with zero attached hydrogens (tertiary/aromatic N) is 5. The molecule has 28 heavy (non-hydrogen) atoms. The maximum absolute atomic E-state index is 11.7.